The van der Waals surface area contributed by atoms with Gasteiger partial charge in [0, 0.05) is 36.9 Å². The molecule has 4 nitrogen and oxygen atoms in total. The van der Waals surface area contributed by atoms with Gasteiger partial charge in [0.25, 0.3) is 0 Å². The van der Waals surface area contributed by atoms with Crippen LogP contribution in [0.2, 0.25) is 0 Å². The Kier molecular flexibility index (Phi) is 2.80. The lowest BCUT2D eigenvalue weighted by Crippen LogP contribution is -2.50. The van der Waals surface area contributed by atoms with E-state index in [0.29, 0.717) is 12.1 Å². The molecule has 4 heteroatoms. The van der Waals surface area contributed by atoms with E-state index in [1.165, 1.54) is 0 Å². The van der Waals surface area contributed by atoms with Crippen molar-refractivity contribution in [1.82, 2.24) is 14.7 Å². The molecule has 0 spiro atoms. The van der Waals surface area contributed by atoms with Crippen LogP contribution in [0.5, 0.6) is 0 Å². The van der Waals surface area contributed by atoms with Crippen molar-refractivity contribution in [1.29, 1.82) is 0 Å². The van der Waals surface area contributed by atoms with Crippen LogP contribution in [-0.2, 0) is 0 Å². The van der Waals surface area contributed by atoms with Gasteiger partial charge in [-0.2, -0.15) is 5.10 Å². The molecule has 2 heterocycles. The van der Waals surface area contributed by atoms with E-state index in [2.05, 4.69) is 34.7 Å². The van der Waals surface area contributed by atoms with Gasteiger partial charge in [-0.05, 0) is 20.8 Å². The number of hydrogen-bond donors (Lipinski definition) is 1. The van der Waals surface area contributed by atoms with Crippen LogP contribution >= 0.6 is 0 Å². The Balaban J connectivity index is 1.95. The summed E-state index contributed by atoms with van der Waals surface area (Å²) in [6.45, 7) is 8.66. The van der Waals surface area contributed by atoms with Gasteiger partial charge in [-0.1, -0.05) is 0 Å². The zero-order valence-corrected chi connectivity index (χ0v) is 9.72. The summed E-state index contributed by atoms with van der Waals surface area (Å²) in [6, 6.07) is 1.27. The van der Waals surface area contributed by atoms with Crippen molar-refractivity contribution >= 4 is 0 Å². The van der Waals surface area contributed by atoms with Crippen LogP contribution < -0.4 is 5.73 Å². The maximum Gasteiger partial charge on any atom is 0.0773 e. The molecule has 0 aromatic carbocycles. The molecule has 1 fully saturated rings. The molecule has 1 saturated heterocycles. The van der Waals surface area contributed by atoms with Gasteiger partial charge in [0.15, 0.2) is 0 Å². The van der Waals surface area contributed by atoms with E-state index >= 15 is 0 Å². The van der Waals surface area contributed by atoms with E-state index in [1.807, 2.05) is 13.1 Å². The molecular formula is C11H20N4. The first-order valence-electron chi connectivity index (χ1n) is 5.61. The summed E-state index contributed by atoms with van der Waals surface area (Å²) in [6.07, 6.45) is 3.95. The first-order valence-corrected chi connectivity index (χ1v) is 5.61. The fraction of sp³-hybridized carbons (Fsp3) is 0.727. The number of nitrogens with zero attached hydrogens (tertiary/aromatic N) is 3. The van der Waals surface area contributed by atoms with Crippen molar-refractivity contribution in [3.05, 3.63) is 18.0 Å². The predicted octanol–water partition coefficient (Wildman–Crippen LogP) is 1.17. The van der Waals surface area contributed by atoms with Gasteiger partial charge in [-0.15, -0.1) is 0 Å². The number of aromatic nitrogens is 2. The van der Waals surface area contributed by atoms with E-state index in [1.54, 1.807) is 0 Å². The summed E-state index contributed by atoms with van der Waals surface area (Å²) in [4.78, 5) is 2.44. The fourth-order valence-electron chi connectivity index (χ4n) is 1.86. The second-order valence-electron chi connectivity index (χ2n) is 4.74. The van der Waals surface area contributed by atoms with Gasteiger partial charge in [0.05, 0.1) is 12.2 Å². The molecule has 1 aliphatic rings. The predicted molar refractivity (Wildman–Crippen MR) is 60.6 cm³/mol. The van der Waals surface area contributed by atoms with Crippen LogP contribution in [0.15, 0.2) is 12.4 Å². The summed E-state index contributed by atoms with van der Waals surface area (Å²) < 4.78 is 2.05. The first-order chi connectivity index (χ1) is 7.08. The average Bonchev–Trinajstić information content (AvgIpc) is 2.49. The zero-order chi connectivity index (χ0) is 11.0. The summed E-state index contributed by atoms with van der Waals surface area (Å²) in [5, 5.41) is 4.36. The molecule has 1 aromatic rings. The molecule has 84 valence electrons. The molecule has 1 aromatic heterocycles. The minimum Gasteiger partial charge on any atom is -0.324 e. The van der Waals surface area contributed by atoms with Gasteiger partial charge in [-0.25, -0.2) is 0 Å². The van der Waals surface area contributed by atoms with Crippen LogP contribution in [0.1, 0.15) is 38.4 Å². The molecule has 2 N–H and O–H groups in total. The summed E-state index contributed by atoms with van der Waals surface area (Å²) in [5.41, 5.74) is 6.92. The Bertz CT molecular complexity index is 323. The maximum absolute atomic E-state index is 5.80. The maximum atomic E-state index is 5.80. The highest BCUT2D eigenvalue weighted by Gasteiger charge is 2.30. The van der Waals surface area contributed by atoms with E-state index in [9.17, 15) is 0 Å². The molecule has 0 amide bonds. The van der Waals surface area contributed by atoms with Crippen LogP contribution in [0.3, 0.4) is 0 Å². The SMILES string of the molecule is CC(N)c1cnn(C2CN(C(C)C)C2)c1. The topological polar surface area (TPSA) is 47.1 Å². The van der Waals surface area contributed by atoms with Gasteiger partial charge in [0.2, 0.25) is 0 Å². The van der Waals surface area contributed by atoms with Crippen LogP contribution in [0, 0.1) is 0 Å². The van der Waals surface area contributed by atoms with E-state index in [-0.39, 0.29) is 6.04 Å². The number of rotatable bonds is 3. The van der Waals surface area contributed by atoms with Crippen molar-refractivity contribution in [2.45, 2.75) is 38.9 Å². The lowest BCUT2D eigenvalue weighted by molar-refractivity contribution is 0.0674. The summed E-state index contributed by atoms with van der Waals surface area (Å²) >= 11 is 0. The second-order valence-corrected chi connectivity index (χ2v) is 4.74. The quantitative estimate of drug-likeness (QED) is 0.811. The van der Waals surface area contributed by atoms with Crippen molar-refractivity contribution in [2.24, 2.45) is 5.73 Å². The molecule has 0 aliphatic carbocycles. The minimum absolute atomic E-state index is 0.0834. The third-order valence-corrected chi connectivity index (χ3v) is 3.14. The van der Waals surface area contributed by atoms with Gasteiger partial charge < -0.3 is 5.73 Å². The lowest BCUT2D eigenvalue weighted by Gasteiger charge is -2.41. The molecular weight excluding hydrogens is 188 g/mol. The third kappa shape index (κ3) is 2.06. The highest BCUT2D eigenvalue weighted by Crippen LogP contribution is 2.23. The molecule has 0 saturated carbocycles. The molecule has 1 atom stereocenters. The molecule has 1 aliphatic heterocycles. The molecule has 0 radical (unpaired) electrons. The normalized spacial score (nSPS) is 20.6. The summed E-state index contributed by atoms with van der Waals surface area (Å²) in [7, 11) is 0. The second kappa shape index (κ2) is 3.94. The first kappa shape index (κ1) is 10.6. The van der Waals surface area contributed by atoms with Gasteiger partial charge >= 0.3 is 0 Å². The zero-order valence-electron chi connectivity index (χ0n) is 9.72. The Morgan fingerprint density at radius 3 is 2.53 bits per heavy atom. The Morgan fingerprint density at radius 1 is 1.40 bits per heavy atom. The van der Waals surface area contributed by atoms with Crippen LogP contribution in [0.25, 0.3) is 0 Å². The Hall–Kier alpha value is -0.870. The van der Waals surface area contributed by atoms with Crippen molar-refractivity contribution in [3.8, 4) is 0 Å². The number of hydrogen-bond acceptors (Lipinski definition) is 3. The van der Waals surface area contributed by atoms with Crippen molar-refractivity contribution in [3.63, 3.8) is 0 Å². The standard InChI is InChI=1S/C11H20N4/c1-8(2)14-6-11(7-14)15-5-10(4-13-15)9(3)12/h4-5,8-9,11H,6-7,12H2,1-3H3. The molecule has 1 unspecified atom stereocenters. The van der Waals surface area contributed by atoms with E-state index in [4.69, 9.17) is 5.73 Å². The highest BCUT2D eigenvalue weighted by atomic mass is 15.4. The van der Waals surface area contributed by atoms with Crippen LogP contribution in [-0.4, -0.2) is 33.8 Å². The number of likely N-dealkylation sites (tertiary alicyclic amines) is 1. The highest BCUT2D eigenvalue weighted by molar-refractivity contribution is 5.09. The Labute approximate surface area is 91.1 Å². The number of nitrogens with two attached hydrogens (primary N) is 1. The third-order valence-electron chi connectivity index (χ3n) is 3.14. The van der Waals surface area contributed by atoms with E-state index < -0.39 is 0 Å². The Morgan fingerprint density at radius 2 is 2.07 bits per heavy atom. The average molecular weight is 208 g/mol. The van der Waals surface area contributed by atoms with Crippen LogP contribution in [0.4, 0.5) is 0 Å². The monoisotopic (exact) mass is 208 g/mol. The van der Waals surface area contributed by atoms with Crippen molar-refractivity contribution < 1.29 is 0 Å². The molecule has 15 heavy (non-hydrogen) atoms. The molecule has 2 rings (SSSR count). The van der Waals surface area contributed by atoms with E-state index in [0.717, 1.165) is 18.7 Å². The smallest absolute Gasteiger partial charge is 0.0773 e. The summed E-state index contributed by atoms with van der Waals surface area (Å²) in [5.74, 6) is 0. The van der Waals surface area contributed by atoms with Gasteiger partial charge in [0.1, 0.15) is 0 Å². The van der Waals surface area contributed by atoms with Gasteiger partial charge in [-0.3, -0.25) is 9.58 Å². The molecule has 0 bridgehead atoms. The fourth-order valence-corrected chi connectivity index (χ4v) is 1.86. The minimum atomic E-state index is 0.0834. The largest absolute Gasteiger partial charge is 0.324 e. The van der Waals surface area contributed by atoms with Crippen molar-refractivity contribution in [2.75, 3.05) is 13.1 Å². The lowest BCUT2D eigenvalue weighted by atomic mass is 10.1.